The fraction of sp³-hybridized carbons (Fsp3) is 0.562. The topological polar surface area (TPSA) is 53.0 Å². The number of nitrogens with zero attached hydrogens (tertiary/aromatic N) is 2. The number of carboxylic acid groups (broad SMARTS) is 1. The van der Waals surface area contributed by atoms with Gasteiger partial charge in [0.25, 0.3) is 0 Å². The second kappa shape index (κ2) is 7.43. The van der Waals surface area contributed by atoms with E-state index in [4.69, 9.17) is 9.84 Å². The summed E-state index contributed by atoms with van der Waals surface area (Å²) in [6.45, 7) is 8.29. The Hall–Kier alpha value is -1.59. The molecule has 1 saturated heterocycles. The van der Waals surface area contributed by atoms with Crippen LogP contribution in [-0.4, -0.2) is 60.7 Å². The van der Waals surface area contributed by atoms with Crippen molar-refractivity contribution in [2.75, 3.05) is 39.8 Å². The summed E-state index contributed by atoms with van der Waals surface area (Å²) in [6, 6.07) is 5.05. The van der Waals surface area contributed by atoms with E-state index >= 15 is 0 Å². The standard InChI is InChI=1S/C16H24N2O3/c1-3-6-17-7-9-18(10-8-17)12-14-11-13(16(19)20)4-5-15(14)21-2/h4-5,11H,3,6-10,12H2,1-2H3,(H,19,20). The Bertz CT molecular complexity index is 482. The first kappa shape index (κ1) is 15.8. The lowest BCUT2D eigenvalue weighted by molar-refractivity contribution is 0.0696. The van der Waals surface area contributed by atoms with Gasteiger partial charge in [0.05, 0.1) is 12.7 Å². The Morgan fingerprint density at radius 3 is 2.48 bits per heavy atom. The number of hydrogen-bond donors (Lipinski definition) is 1. The van der Waals surface area contributed by atoms with Crippen molar-refractivity contribution in [2.45, 2.75) is 19.9 Å². The highest BCUT2D eigenvalue weighted by Gasteiger charge is 2.18. The minimum absolute atomic E-state index is 0.315. The van der Waals surface area contributed by atoms with Gasteiger partial charge in [0.15, 0.2) is 0 Å². The van der Waals surface area contributed by atoms with Gasteiger partial charge >= 0.3 is 5.97 Å². The highest BCUT2D eigenvalue weighted by molar-refractivity contribution is 5.88. The molecule has 1 fully saturated rings. The van der Waals surface area contributed by atoms with E-state index < -0.39 is 5.97 Å². The van der Waals surface area contributed by atoms with Gasteiger partial charge in [0.1, 0.15) is 5.75 Å². The van der Waals surface area contributed by atoms with Crippen LogP contribution >= 0.6 is 0 Å². The van der Waals surface area contributed by atoms with Gasteiger partial charge < -0.3 is 14.7 Å². The number of hydrogen-bond acceptors (Lipinski definition) is 4. The van der Waals surface area contributed by atoms with Crippen LogP contribution in [0, 0.1) is 0 Å². The van der Waals surface area contributed by atoms with E-state index in [2.05, 4.69) is 16.7 Å². The zero-order chi connectivity index (χ0) is 15.2. The van der Waals surface area contributed by atoms with E-state index in [1.807, 2.05) is 0 Å². The summed E-state index contributed by atoms with van der Waals surface area (Å²) in [6.07, 6.45) is 1.19. The van der Waals surface area contributed by atoms with E-state index in [1.165, 1.54) is 6.42 Å². The van der Waals surface area contributed by atoms with Crippen LogP contribution in [-0.2, 0) is 6.54 Å². The molecule has 0 saturated carbocycles. The smallest absolute Gasteiger partial charge is 0.335 e. The molecule has 1 aliphatic heterocycles. The number of rotatable bonds is 6. The lowest BCUT2D eigenvalue weighted by atomic mass is 10.1. The van der Waals surface area contributed by atoms with Gasteiger partial charge in [-0.3, -0.25) is 4.90 Å². The van der Waals surface area contributed by atoms with Crippen LogP contribution in [0.15, 0.2) is 18.2 Å². The third kappa shape index (κ3) is 4.19. The molecule has 1 aromatic carbocycles. The number of carboxylic acids is 1. The Labute approximate surface area is 126 Å². The summed E-state index contributed by atoms with van der Waals surface area (Å²) in [5.41, 5.74) is 1.26. The van der Waals surface area contributed by atoms with E-state index in [1.54, 1.807) is 25.3 Å². The highest BCUT2D eigenvalue weighted by atomic mass is 16.5. The molecule has 1 N–H and O–H groups in total. The normalized spacial score (nSPS) is 16.9. The number of carbonyl (C=O) groups is 1. The van der Waals surface area contributed by atoms with Crippen molar-refractivity contribution in [3.8, 4) is 5.75 Å². The first-order chi connectivity index (χ1) is 10.1. The molecular weight excluding hydrogens is 268 g/mol. The number of methoxy groups -OCH3 is 1. The lowest BCUT2D eigenvalue weighted by Crippen LogP contribution is -2.46. The minimum atomic E-state index is -0.897. The quantitative estimate of drug-likeness (QED) is 0.868. The molecule has 5 nitrogen and oxygen atoms in total. The van der Waals surface area contributed by atoms with Crippen molar-refractivity contribution < 1.29 is 14.6 Å². The summed E-state index contributed by atoms with van der Waals surface area (Å²) in [5, 5.41) is 9.11. The van der Waals surface area contributed by atoms with Crippen molar-refractivity contribution >= 4 is 5.97 Å². The van der Waals surface area contributed by atoms with E-state index in [0.717, 1.165) is 50.6 Å². The Kier molecular flexibility index (Phi) is 5.59. The second-order valence-corrected chi connectivity index (χ2v) is 5.45. The molecule has 2 rings (SSSR count). The summed E-state index contributed by atoms with van der Waals surface area (Å²) in [4.78, 5) is 15.9. The van der Waals surface area contributed by atoms with Crippen molar-refractivity contribution in [3.05, 3.63) is 29.3 Å². The SMILES string of the molecule is CCCN1CCN(Cc2cc(C(=O)O)ccc2OC)CC1. The predicted molar refractivity (Wildman–Crippen MR) is 82.0 cm³/mol. The zero-order valence-electron chi connectivity index (χ0n) is 12.8. The Morgan fingerprint density at radius 1 is 1.24 bits per heavy atom. The molecule has 116 valence electrons. The maximum Gasteiger partial charge on any atom is 0.335 e. The molecule has 0 spiro atoms. The summed E-state index contributed by atoms with van der Waals surface area (Å²) in [5.74, 6) is -0.136. The van der Waals surface area contributed by atoms with Crippen molar-refractivity contribution in [3.63, 3.8) is 0 Å². The molecule has 0 unspecified atom stereocenters. The van der Waals surface area contributed by atoms with Crippen LogP contribution < -0.4 is 4.74 Å². The number of benzene rings is 1. The third-order valence-electron chi connectivity index (χ3n) is 3.93. The molecule has 0 aliphatic carbocycles. The Balaban J connectivity index is 2.02. The van der Waals surface area contributed by atoms with E-state index in [0.29, 0.717) is 5.56 Å². The fourth-order valence-electron chi connectivity index (χ4n) is 2.76. The Morgan fingerprint density at radius 2 is 1.90 bits per heavy atom. The summed E-state index contributed by atoms with van der Waals surface area (Å²) < 4.78 is 5.35. The van der Waals surface area contributed by atoms with E-state index in [9.17, 15) is 4.79 Å². The van der Waals surface area contributed by atoms with Crippen LogP contribution in [0.3, 0.4) is 0 Å². The molecule has 0 radical (unpaired) electrons. The fourth-order valence-corrected chi connectivity index (χ4v) is 2.76. The van der Waals surface area contributed by atoms with Crippen molar-refractivity contribution in [1.82, 2.24) is 9.80 Å². The minimum Gasteiger partial charge on any atom is -0.496 e. The first-order valence-electron chi connectivity index (χ1n) is 7.49. The average Bonchev–Trinajstić information content (AvgIpc) is 2.49. The summed E-state index contributed by atoms with van der Waals surface area (Å²) in [7, 11) is 1.62. The maximum absolute atomic E-state index is 11.1. The molecule has 0 aromatic heterocycles. The molecule has 0 bridgehead atoms. The van der Waals surface area contributed by atoms with Gasteiger partial charge in [0.2, 0.25) is 0 Å². The van der Waals surface area contributed by atoms with Crippen LogP contribution in [0.1, 0.15) is 29.3 Å². The van der Waals surface area contributed by atoms with Gasteiger partial charge in [-0.1, -0.05) is 6.92 Å². The van der Waals surface area contributed by atoms with Crippen molar-refractivity contribution in [1.29, 1.82) is 0 Å². The average molecular weight is 292 g/mol. The molecule has 0 amide bonds. The van der Waals surface area contributed by atoms with Gasteiger partial charge in [-0.15, -0.1) is 0 Å². The first-order valence-corrected chi connectivity index (χ1v) is 7.49. The molecule has 1 heterocycles. The monoisotopic (exact) mass is 292 g/mol. The van der Waals surface area contributed by atoms with Gasteiger partial charge in [-0.2, -0.15) is 0 Å². The number of piperazine rings is 1. The number of ether oxygens (including phenoxy) is 1. The molecule has 5 heteroatoms. The zero-order valence-corrected chi connectivity index (χ0v) is 12.8. The third-order valence-corrected chi connectivity index (χ3v) is 3.93. The lowest BCUT2D eigenvalue weighted by Gasteiger charge is -2.34. The maximum atomic E-state index is 11.1. The van der Waals surface area contributed by atoms with Crippen LogP contribution in [0.25, 0.3) is 0 Å². The molecular formula is C16H24N2O3. The number of aromatic carboxylic acids is 1. The highest BCUT2D eigenvalue weighted by Crippen LogP contribution is 2.22. The molecule has 21 heavy (non-hydrogen) atoms. The van der Waals surface area contributed by atoms with Gasteiger partial charge in [-0.25, -0.2) is 4.79 Å². The predicted octanol–water partition coefficient (Wildman–Crippen LogP) is 1.92. The van der Waals surface area contributed by atoms with E-state index in [-0.39, 0.29) is 0 Å². The van der Waals surface area contributed by atoms with Gasteiger partial charge in [0, 0.05) is 38.3 Å². The second-order valence-electron chi connectivity index (χ2n) is 5.45. The molecule has 1 aliphatic rings. The van der Waals surface area contributed by atoms with Crippen LogP contribution in [0.4, 0.5) is 0 Å². The van der Waals surface area contributed by atoms with Crippen molar-refractivity contribution in [2.24, 2.45) is 0 Å². The summed E-state index contributed by atoms with van der Waals surface area (Å²) >= 11 is 0. The van der Waals surface area contributed by atoms with Gasteiger partial charge in [-0.05, 0) is 31.2 Å². The molecule has 1 aromatic rings. The molecule has 0 atom stereocenters. The largest absolute Gasteiger partial charge is 0.496 e. The van der Waals surface area contributed by atoms with Crippen LogP contribution in [0.5, 0.6) is 5.75 Å². The van der Waals surface area contributed by atoms with Crippen LogP contribution in [0.2, 0.25) is 0 Å².